The van der Waals surface area contributed by atoms with Crippen LogP contribution in [0.25, 0.3) is 0 Å². The van der Waals surface area contributed by atoms with E-state index in [0.29, 0.717) is 12.0 Å². The van der Waals surface area contributed by atoms with E-state index >= 15 is 0 Å². The van der Waals surface area contributed by atoms with Gasteiger partial charge in [-0.2, -0.15) is 0 Å². The zero-order chi connectivity index (χ0) is 15.2. The first-order valence-electron chi connectivity index (χ1n) is 7.21. The van der Waals surface area contributed by atoms with Gasteiger partial charge in [0.05, 0.1) is 6.42 Å². The number of hydrogen-bond donors (Lipinski definition) is 2. The maximum atomic E-state index is 12.3. The van der Waals surface area contributed by atoms with Gasteiger partial charge in [0.25, 0.3) is 0 Å². The first-order valence-corrected chi connectivity index (χ1v) is 7.21. The van der Waals surface area contributed by atoms with E-state index in [1.54, 1.807) is 12.1 Å². The van der Waals surface area contributed by atoms with Crippen molar-refractivity contribution in [2.45, 2.75) is 13.3 Å². The van der Waals surface area contributed by atoms with Crippen molar-refractivity contribution in [1.82, 2.24) is 9.80 Å². The normalized spacial score (nSPS) is 17.0. The van der Waals surface area contributed by atoms with Crippen LogP contribution in [-0.4, -0.2) is 59.5 Å². The molecule has 6 heteroatoms. The zero-order valence-corrected chi connectivity index (χ0v) is 12.3. The van der Waals surface area contributed by atoms with Gasteiger partial charge in [0.15, 0.2) is 5.84 Å². The third-order valence-corrected chi connectivity index (χ3v) is 3.88. The summed E-state index contributed by atoms with van der Waals surface area (Å²) in [6.07, 6.45) is 0.391. The molecule has 0 atom stereocenters. The van der Waals surface area contributed by atoms with Gasteiger partial charge in [-0.05, 0) is 12.1 Å². The maximum Gasteiger partial charge on any atom is 0.227 e. The van der Waals surface area contributed by atoms with Crippen molar-refractivity contribution >= 4 is 11.7 Å². The molecule has 0 radical (unpaired) electrons. The lowest BCUT2D eigenvalue weighted by Gasteiger charge is -2.34. The van der Waals surface area contributed by atoms with Gasteiger partial charge in [-0.15, -0.1) is 0 Å². The van der Waals surface area contributed by atoms with Crippen molar-refractivity contribution in [3.63, 3.8) is 0 Å². The number of piperazine rings is 1. The number of oxime groups is 1. The highest BCUT2D eigenvalue weighted by molar-refractivity contribution is 5.97. The summed E-state index contributed by atoms with van der Waals surface area (Å²) < 4.78 is 0. The second kappa shape index (κ2) is 7.08. The highest BCUT2D eigenvalue weighted by atomic mass is 16.4. The molecule has 0 spiro atoms. The predicted molar refractivity (Wildman–Crippen MR) is 81.4 cm³/mol. The fraction of sp³-hybridized carbons (Fsp3) is 0.467. The molecule has 3 N–H and O–H groups in total. The number of carbonyl (C=O) groups excluding carboxylic acids is 1. The molecule has 0 aromatic heterocycles. The minimum absolute atomic E-state index is 0.0727. The number of carbonyl (C=O) groups is 1. The summed E-state index contributed by atoms with van der Waals surface area (Å²) in [7, 11) is 0. The molecular formula is C15H22N4O2. The maximum absolute atomic E-state index is 12.3. The Hall–Kier alpha value is -2.08. The third-order valence-electron chi connectivity index (χ3n) is 3.88. The van der Waals surface area contributed by atoms with Gasteiger partial charge in [-0.1, -0.05) is 36.3 Å². The Morgan fingerprint density at radius 1 is 1.24 bits per heavy atom. The standard InChI is InChI=1S/C15H22N4O2/c1-2-18-7-9-19(10-8-18)14(20)11-12-3-5-13(6-4-12)15(16)17-21/h3-6,21H,2,7-11H2,1H3,(H2,16,17). The molecule has 1 fully saturated rings. The number of hydrogen-bond acceptors (Lipinski definition) is 4. The van der Waals surface area contributed by atoms with E-state index in [9.17, 15) is 4.79 Å². The monoisotopic (exact) mass is 290 g/mol. The molecule has 0 saturated carbocycles. The molecule has 1 heterocycles. The average Bonchev–Trinajstić information content (AvgIpc) is 2.55. The van der Waals surface area contributed by atoms with Gasteiger partial charge in [-0.3, -0.25) is 4.79 Å². The van der Waals surface area contributed by atoms with E-state index in [1.807, 2.05) is 17.0 Å². The summed E-state index contributed by atoms with van der Waals surface area (Å²) in [5.74, 6) is 0.228. The van der Waals surface area contributed by atoms with Crippen LogP contribution in [0.5, 0.6) is 0 Å². The molecular weight excluding hydrogens is 268 g/mol. The van der Waals surface area contributed by atoms with Gasteiger partial charge in [0, 0.05) is 31.7 Å². The summed E-state index contributed by atoms with van der Waals surface area (Å²) in [6.45, 7) is 6.68. The quantitative estimate of drug-likeness (QED) is 0.366. The molecule has 0 bridgehead atoms. The lowest BCUT2D eigenvalue weighted by molar-refractivity contribution is -0.132. The van der Waals surface area contributed by atoms with Crippen LogP contribution in [0.3, 0.4) is 0 Å². The highest BCUT2D eigenvalue weighted by Gasteiger charge is 2.20. The summed E-state index contributed by atoms with van der Waals surface area (Å²) in [5.41, 5.74) is 7.09. The molecule has 1 aromatic carbocycles. The van der Waals surface area contributed by atoms with E-state index < -0.39 is 0 Å². The van der Waals surface area contributed by atoms with Crippen molar-refractivity contribution in [2.24, 2.45) is 10.9 Å². The van der Waals surface area contributed by atoms with Crippen LogP contribution < -0.4 is 5.73 Å². The van der Waals surface area contributed by atoms with Crippen molar-refractivity contribution in [3.05, 3.63) is 35.4 Å². The van der Waals surface area contributed by atoms with Crippen LogP contribution in [0.4, 0.5) is 0 Å². The van der Waals surface area contributed by atoms with Gasteiger partial charge < -0.3 is 20.7 Å². The molecule has 1 amide bonds. The van der Waals surface area contributed by atoms with Crippen LogP contribution in [0, 0.1) is 0 Å². The topological polar surface area (TPSA) is 82.2 Å². The number of nitrogens with zero attached hydrogens (tertiary/aromatic N) is 3. The largest absolute Gasteiger partial charge is 0.409 e. The van der Waals surface area contributed by atoms with E-state index in [4.69, 9.17) is 10.9 Å². The van der Waals surface area contributed by atoms with Crippen LogP contribution >= 0.6 is 0 Å². The van der Waals surface area contributed by atoms with Crippen LogP contribution in [0.15, 0.2) is 29.4 Å². The number of nitrogens with two attached hydrogens (primary N) is 1. The zero-order valence-electron chi connectivity index (χ0n) is 12.3. The molecule has 1 aliphatic rings. The molecule has 6 nitrogen and oxygen atoms in total. The molecule has 1 aliphatic heterocycles. The molecule has 2 rings (SSSR count). The molecule has 0 unspecified atom stereocenters. The number of benzene rings is 1. The predicted octanol–water partition coefficient (Wildman–Crippen LogP) is 0.488. The second-order valence-electron chi connectivity index (χ2n) is 5.17. The van der Waals surface area contributed by atoms with E-state index in [2.05, 4.69) is 17.0 Å². The lowest BCUT2D eigenvalue weighted by Crippen LogP contribution is -2.48. The number of amides is 1. The Balaban J connectivity index is 1.91. The Bertz CT molecular complexity index is 505. The van der Waals surface area contributed by atoms with Gasteiger partial charge >= 0.3 is 0 Å². The molecule has 1 aromatic rings. The fourth-order valence-electron chi connectivity index (χ4n) is 2.45. The van der Waals surface area contributed by atoms with E-state index in [0.717, 1.165) is 38.3 Å². The average molecular weight is 290 g/mol. The first-order chi connectivity index (χ1) is 10.1. The minimum atomic E-state index is 0.0727. The Morgan fingerprint density at radius 2 is 1.86 bits per heavy atom. The van der Waals surface area contributed by atoms with Crippen molar-refractivity contribution in [1.29, 1.82) is 0 Å². The van der Waals surface area contributed by atoms with Crippen molar-refractivity contribution in [2.75, 3.05) is 32.7 Å². The third kappa shape index (κ3) is 3.95. The molecule has 21 heavy (non-hydrogen) atoms. The lowest BCUT2D eigenvalue weighted by atomic mass is 10.1. The molecule has 1 saturated heterocycles. The van der Waals surface area contributed by atoms with E-state index in [-0.39, 0.29) is 11.7 Å². The summed E-state index contributed by atoms with van der Waals surface area (Å²) in [5, 5.41) is 11.6. The van der Waals surface area contributed by atoms with Crippen LogP contribution in [0.1, 0.15) is 18.1 Å². The Morgan fingerprint density at radius 3 is 2.38 bits per heavy atom. The second-order valence-corrected chi connectivity index (χ2v) is 5.17. The molecule has 114 valence electrons. The van der Waals surface area contributed by atoms with E-state index in [1.165, 1.54) is 0 Å². The highest BCUT2D eigenvalue weighted by Crippen LogP contribution is 2.09. The Kier molecular flexibility index (Phi) is 5.16. The number of likely N-dealkylation sites (N-methyl/N-ethyl adjacent to an activating group) is 1. The Labute approximate surface area is 124 Å². The smallest absolute Gasteiger partial charge is 0.227 e. The fourth-order valence-corrected chi connectivity index (χ4v) is 2.45. The van der Waals surface area contributed by atoms with Crippen LogP contribution in [-0.2, 0) is 11.2 Å². The number of amidine groups is 1. The summed E-state index contributed by atoms with van der Waals surface area (Å²) in [6, 6.07) is 7.19. The first kappa shape index (κ1) is 15.3. The summed E-state index contributed by atoms with van der Waals surface area (Å²) in [4.78, 5) is 16.5. The van der Waals surface area contributed by atoms with Crippen molar-refractivity contribution in [3.8, 4) is 0 Å². The molecule has 0 aliphatic carbocycles. The van der Waals surface area contributed by atoms with Crippen molar-refractivity contribution < 1.29 is 10.0 Å². The SMILES string of the molecule is CCN1CCN(C(=O)Cc2ccc(C(N)=NO)cc2)CC1. The van der Waals surface area contributed by atoms with Gasteiger partial charge in [-0.25, -0.2) is 0 Å². The van der Waals surface area contributed by atoms with Crippen LogP contribution in [0.2, 0.25) is 0 Å². The summed E-state index contributed by atoms with van der Waals surface area (Å²) >= 11 is 0. The minimum Gasteiger partial charge on any atom is -0.409 e. The van der Waals surface area contributed by atoms with Gasteiger partial charge in [0.1, 0.15) is 0 Å². The number of rotatable bonds is 4. The van der Waals surface area contributed by atoms with Gasteiger partial charge in [0.2, 0.25) is 5.91 Å².